The first-order valence-electron chi connectivity index (χ1n) is 8.32. The zero-order valence-electron chi connectivity index (χ0n) is 15.0. The summed E-state index contributed by atoms with van der Waals surface area (Å²) >= 11 is 5.54. The van der Waals surface area contributed by atoms with Gasteiger partial charge in [-0.1, -0.05) is 15.9 Å². The second kappa shape index (κ2) is 11.1. The van der Waals surface area contributed by atoms with Crippen LogP contribution in [0, 0.1) is 3.57 Å². The molecule has 0 aliphatic rings. The Morgan fingerprint density at radius 1 is 1.19 bits per heavy atom. The Morgan fingerprint density at radius 3 is 2.59 bits per heavy atom. The molecule has 2 rings (SSSR count). The highest BCUT2D eigenvalue weighted by atomic mass is 127. The van der Waals surface area contributed by atoms with Gasteiger partial charge in [0.15, 0.2) is 18.1 Å². The van der Waals surface area contributed by atoms with Gasteiger partial charge in [-0.05, 0) is 78.4 Å². The third kappa shape index (κ3) is 7.02. The van der Waals surface area contributed by atoms with Crippen LogP contribution in [0.1, 0.15) is 19.4 Å². The van der Waals surface area contributed by atoms with Crippen LogP contribution < -0.4 is 14.9 Å². The van der Waals surface area contributed by atoms with Crippen molar-refractivity contribution in [3.63, 3.8) is 0 Å². The van der Waals surface area contributed by atoms with Gasteiger partial charge in [0.2, 0.25) is 0 Å². The number of halogens is 2. The van der Waals surface area contributed by atoms with E-state index in [0.717, 1.165) is 19.3 Å². The van der Waals surface area contributed by atoms with Crippen molar-refractivity contribution in [3.8, 4) is 11.5 Å². The summed E-state index contributed by atoms with van der Waals surface area (Å²) in [5.74, 6) is 0.655. The smallest absolute Gasteiger partial charge is 0.344 e. The molecule has 0 saturated heterocycles. The number of carbonyl (C=O) groups is 1. The monoisotopic (exact) mass is 546 g/mol. The van der Waals surface area contributed by atoms with Gasteiger partial charge < -0.3 is 14.2 Å². The first kappa shape index (κ1) is 21.5. The summed E-state index contributed by atoms with van der Waals surface area (Å²) in [7, 11) is 0. The molecule has 2 aromatic carbocycles. The van der Waals surface area contributed by atoms with Crippen LogP contribution in [-0.2, 0) is 9.53 Å². The molecule has 0 aliphatic heterocycles. The molecule has 0 saturated carbocycles. The van der Waals surface area contributed by atoms with Gasteiger partial charge in [-0.25, -0.2) is 4.79 Å². The number of nitrogens with one attached hydrogen (secondary N) is 1. The SMILES string of the molecule is CCOC(=O)COc1c(I)cc(/C=N/Nc2ccc(Br)cc2)cc1OCC. The Kier molecular flexibility index (Phi) is 8.86. The van der Waals surface area contributed by atoms with Crippen molar-refractivity contribution >= 4 is 56.4 Å². The van der Waals surface area contributed by atoms with Crippen molar-refractivity contribution in [3.05, 3.63) is 50.0 Å². The molecular formula is C19H20BrIN2O4. The lowest BCUT2D eigenvalue weighted by Crippen LogP contribution is -2.15. The summed E-state index contributed by atoms with van der Waals surface area (Å²) in [5.41, 5.74) is 4.69. The van der Waals surface area contributed by atoms with E-state index in [9.17, 15) is 4.79 Å². The lowest BCUT2D eigenvalue weighted by molar-refractivity contribution is -0.145. The fourth-order valence-electron chi connectivity index (χ4n) is 2.11. The molecule has 0 amide bonds. The molecule has 0 aromatic heterocycles. The third-order valence-electron chi connectivity index (χ3n) is 3.22. The van der Waals surface area contributed by atoms with Crippen LogP contribution in [0.25, 0.3) is 0 Å². The van der Waals surface area contributed by atoms with Crippen LogP contribution in [-0.4, -0.2) is 32.0 Å². The minimum absolute atomic E-state index is 0.164. The van der Waals surface area contributed by atoms with Crippen LogP contribution in [0.2, 0.25) is 0 Å². The molecule has 0 unspecified atom stereocenters. The number of esters is 1. The second-order valence-corrected chi connectivity index (χ2v) is 7.31. The van der Waals surface area contributed by atoms with Gasteiger partial charge in [-0.15, -0.1) is 0 Å². The van der Waals surface area contributed by atoms with E-state index < -0.39 is 5.97 Å². The number of anilines is 1. The fraction of sp³-hybridized carbons (Fsp3) is 0.263. The predicted octanol–water partition coefficient (Wildman–Crippen LogP) is 4.84. The summed E-state index contributed by atoms with van der Waals surface area (Å²) in [6, 6.07) is 11.4. The number of benzene rings is 2. The average molecular weight is 547 g/mol. The molecule has 8 heteroatoms. The molecule has 0 aliphatic carbocycles. The second-order valence-electron chi connectivity index (χ2n) is 5.23. The highest BCUT2D eigenvalue weighted by molar-refractivity contribution is 14.1. The largest absolute Gasteiger partial charge is 0.490 e. The number of hydrogen-bond acceptors (Lipinski definition) is 6. The predicted molar refractivity (Wildman–Crippen MR) is 118 cm³/mol. The number of nitrogens with zero attached hydrogens (tertiary/aromatic N) is 1. The van der Waals surface area contributed by atoms with Gasteiger partial charge >= 0.3 is 5.97 Å². The van der Waals surface area contributed by atoms with Gasteiger partial charge in [0.05, 0.1) is 28.7 Å². The van der Waals surface area contributed by atoms with Crippen LogP contribution in [0.4, 0.5) is 5.69 Å². The van der Waals surface area contributed by atoms with E-state index in [-0.39, 0.29) is 6.61 Å². The maximum atomic E-state index is 11.5. The molecule has 0 bridgehead atoms. The van der Waals surface area contributed by atoms with Gasteiger partial charge in [0, 0.05) is 4.47 Å². The van der Waals surface area contributed by atoms with Gasteiger partial charge in [0.1, 0.15) is 0 Å². The first-order valence-corrected chi connectivity index (χ1v) is 10.2. The number of hydrogen-bond donors (Lipinski definition) is 1. The maximum Gasteiger partial charge on any atom is 0.344 e. The average Bonchev–Trinajstić information content (AvgIpc) is 2.63. The van der Waals surface area contributed by atoms with Crippen molar-refractivity contribution in [2.45, 2.75) is 13.8 Å². The Morgan fingerprint density at radius 2 is 1.93 bits per heavy atom. The molecule has 144 valence electrons. The van der Waals surface area contributed by atoms with E-state index in [2.05, 4.69) is 49.0 Å². The molecule has 6 nitrogen and oxygen atoms in total. The maximum absolute atomic E-state index is 11.5. The van der Waals surface area contributed by atoms with Crippen LogP contribution in [0.15, 0.2) is 46.0 Å². The minimum atomic E-state index is -0.417. The normalized spacial score (nSPS) is 10.7. The molecular weight excluding hydrogens is 527 g/mol. The van der Waals surface area contributed by atoms with Crippen LogP contribution in [0.5, 0.6) is 11.5 Å². The zero-order chi connectivity index (χ0) is 19.6. The Bertz CT molecular complexity index is 797. The number of ether oxygens (including phenoxy) is 3. The third-order valence-corrected chi connectivity index (χ3v) is 4.55. The van der Waals surface area contributed by atoms with E-state index in [4.69, 9.17) is 14.2 Å². The lowest BCUT2D eigenvalue weighted by Gasteiger charge is -2.14. The van der Waals surface area contributed by atoms with E-state index in [1.54, 1.807) is 13.1 Å². The van der Waals surface area contributed by atoms with Crippen molar-refractivity contribution < 1.29 is 19.0 Å². The topological polar surface area (TPSA) is 69.2 Å². The highest BCUT2D eigenvalue weighted by Gasteiger charge is 2.14. The number of carbonyl (C=O) groups excluding carboxylic acids is 1. The summed E-state index contributed by atoms with van der Waals surface area (Å²) in [6.45, 7) is 4.27. The summed E-state index contributed by atoms with van der Waals surface area (Å²) < 4.78 is 18.0. The van der Waals surface area contributed by atoms with Crippen molar-refractivity contribution in [2.75, 3.05) is 25.2 Å². The molecule has 0 radical (unpaired) electrons. The quantitative estimate of drug-likeness (QED) is 0.211. The van der Waals surface area contributed by atoms with Gasteiger partial charge in [-0.3, -0.25) is 5.43 Å². The molecule has 27 heavy (non-hydrogen) atoms. The Hall–Kier alpha value is -1.81. The van der Waals surface area contributed by atoms with Gasteiger partial charge in [-0.2, -0.15) is 5.10 Å². The van der Waals surface area contributed by atoms with E-state index in [1.165, 1.54) is 0 Å². The molecule has 0 fully saturated rings. The zero-order valence-corrected chi connectivity index (χ0v) is 18.7. The number of hydrazone groups is 1. The van der Waals surface area contributed by atoms with E-state index in [0.29, 0.717) is 24.7 Å². The summed E-state index contributed by atoms with van der Waals surface area (Å²) in [5, 5.41) is 4.25. The van der Waals surface area contributed by atoms with Crippen molar-refractivity contribution in [1.82, 2.24) is 0 Å². The molecule has 0 spiro atoms. The van der Waals surface area contributed by atoms with E-state index in [1.807, 2.05) is 43.3 Å². The van der Waals surface area contributed by atoms with Crippen molar-refractivity contribution in [1.29, 1.82) is 0 Å². The first-order chi connectivity index (χ1) is 13.0. The lowest BCUT2D eigenvalue weighted by atomic mass is 10.2. The fourth-order valence-corrected chi connectivity index (χ4v) is 3.15. The van der Waals surface area contributed by atoms with Crippen LogP contribution >= 0.6 is 38.5 Å². The molecule has 0 atom stereocenters. The Balaban J connectivity index is 2.12. The van der Waals surface area contributed by atoms with E-state index >= 15 is 0 Å². The summed E-state index contributed by atoms with van der Waals surface area (Å²) in [4.78, 5) is 11.5. The Labute approximate surface area is 180 Å². The van der Waals surface area contributed by atoms with Gasteiger partial charge in [0.25, 0.3) is 0 Å². The highest BCUT2D eigenvalue weighted by Crippen LogP contribution is 2.34. The standard InChI is InChI=1S/C19H20BrIN2O4/c1-3-25-17-10-13(11-22-23-15-7-5-14(20)6-8-15)9-16(21)19(17)27-12-18(24)26-4-2/h5-11,23H,3-4,12H2,1-2H3/b22-11+. The minimum Gasteiger partial charge on any atom is -0.490 e. The number of rotatable bonds is 9. The molecule has 0 heterocycles. The molecule has 2 aromatic rings. The van der Waals surface area contributed by atoms with Crippen molar-refractivity contribution in [2.24, 2.45) is 5.10 Å². The summed E-state index contributed by atoms with van der Waals surface area (Å²) in [6.07, 6.45) is 1.70. The molecule has 1 N–H and O–H groups in total. The van der Waals surface area contributed by atoms with Crippen LogP contribution in [0.3, 0.4) is 0 Å².